The second-order valence-corrected chi connectivity index (χ2v) is 5.80. The quantitative estimate of drug-likeness (QED) is 0.598. The Morgan fingerprint density at radius 1 is 0.960 bits per heavy atom. The zero-order valence-corrected chi connectivity index (χ0v) is 13.8. The first-order chi connectivity index (χ1) is 12.2. The van der Waals surface area contributed by atoms with Gasteiger partial charge in [-0.15, -0.1) is 0 Å². The predicted octanol–water partition coefficient (Wildman–Crippen LogP) is 3.57. The molecule has 6 heteroatoms. The molecule has 0 saturated carbocycles. The van der Waals surface area contributed by atoms with Crippen molar-refractivity contribution in [3.63, 3.8) is 0 Å². The summed E-state index contributed by atoms with van der Waals surface area (Å²) in [5.41, 5.74) is 8.77. The van der Waals surface area contributed by atoms with Gasteiger partial charge < -0.3 is 11.1 Å². The molecule has 0 radical (unpaired) electrons. The number of hydrogen-bond acceptors (Lipinski definition) is 5. The summed E-state index contributed by atoms with van der Waals surface area (Å²) in [6.45, 7) is 2.05. The lowest BCUT2D eigenvalue weighted by Gasteiger charge is -2.17. The van der Waals surface area contributed by atoms with Crippen molar-refractivity contribution in [1.29, 1.82) is 0 Å². The Bertz CT molecular complexity index is 1010. The molecule has 2 aromatic heterocycles. The Balaban J connectivity index is 1.81. The van der Waals surface area contributed by atoms with Gasteiger partial charge >= 0.3 is 0 Å². The fraction of sp³-hybridized carbons (Fsp3) is 0.105. The molecule has 0 spiro atoms. The highest BCUT2D eigenvalue weighted by Crippen LogP contribution is 2.26. The van der Waals surface area contributed by atoms with Gasteiger partial charge in [-0.3, -0.25) is 4.57 Å². The Hall–Kier alpha value is -3.41. The predicted molar refractivity (Wildman–Crippen MR) is 99.6 cm³/mol. The van der Waals surface area contributed by atoms with Gasteiger partial charge in [0, 0.05) is 11.9 Å². The van der Waals surface area contributed by atoms with Gasteiger partial charge in [-0.05, 0) is 37.3 Å². The van der Waals surface area contributed by atoms with Crippen molar-refractivity contribution in [3.8, 4) is 5.69 Å². The Morgan fingerprint density at radius 2 is 1.72 bits per heavy atom. The molecular weight excluding hydrogens is 312 g/mol. The van der Waals surface area contributed by atoms with Crippen LogP contribution < -0.4 is 11.1 Å². The molecule has 1 atom stereocenters. The molecule has 0 aliphatic heterocycles. The number of aromatic nitrogens is 4. The first-order valence-electron chi connectivity index (χ1n) is 8.10. The maximum absolute atomic E-state index is 5.67. The molecule has 0 saturated heterocycles. The molecule has 0 fully saturated rings. The smallest absolute Gasteiger partial charge is 0.221 e. The molecule has 0 amide bonds. The van der Waals surface area contributed by atoms with Crippen molar-refractivity contribution in [1.82, 2.24) is 19.5 Å². The number of imidazole rings is 1. The molecule has 3 N–H and O–H groups in total. The third-order valence-corrected chi connectivity index (χ3v) is 4.03. The van der Waals surface area contributed by atoms with E-state index in [-0.39, 0.29) is 12.0 Å². The third kappa shape index (κ3) is 2.89. The first-order valence-corrected chi connectivity index (χ1v) is 8.10. The van der Waals surface area contributed by atoms with Crippen LogP contribution in [-0.2, 0) is 0 Å². The van der Waals surface area contributed by atoms with Crippen LogP contribution >= 0.6 is 0 Å². The number of nitrogen functional groups attached to an aromatic ring is 1. The van der Waals surface area contributed by atoms with E-state index in [2.05, 4.69) is 45.0 Å². The van der Waals surface area contributed by atoms with Gasteiger partial charge in [0.1, 0.15) is 11.6 Å². The molecule has 4 aromatic rings. The van der Waals surface area contributed by atoms with E-state index in [4.69, 9.17) is 10.7 Å². The Morgan fingerprint density at radius 3 is 2.52 bits per heavy atom. The Labute approximate surface area is 145 Å². The van der Waals surface area contributed by atoms with Crippen molar-refractivity contribution in [3.05, 3.63) is 72.7 Å². The van der Waals surface area contributed by atoms with Crippen molar-refractivity contribution in [2.75, 3.05) is 11.1 Å². The molecular formula is C19H18N6. The summed E-state index contributed by atoms with van der Waals surface area (Å²) in [5.74, 6) is 1.82. The number of hydrogen-bond donors (Lipinski definition) is 2. The summed E-state index contributed by atoms with van der Waals surface area (Å²) >= 11 is 0. The topological polar surface area (TPSA) is 81.7 Å². The van der Waals surface area contributed by atoms with E-state index >= 15 is 0 Å². The number of nitrogens with one attached hydrogen (secondary N) is 1. The summed E-state index contributed by atoms with van der Waals surface area (Å²) in [4.78, 5) is 13.0. The minimum absolute atomic E-state index is 0.0677. The summed E-state index contributed by atoms with van der Waals surface area (Å²) < 4.78 is 2.16. The summed E-state index contributed by atoms with van der Waals surface area (Å²) in [5, 5.41) is 3.36. The highest BCUT2D eigenvalue weighted by molar-refractivity contribution is 5.78. The summed E-state index contributed by atoms with van der Waals surface area (Å²) in [7, 11) is 0. The zero-order valence-electron chi connectivity index (χ0n) is 13.8. The van der Waals surface area contributed by atoms with Crippen LogP contribution in [0.25, 0.3) is 16.7 Å². The third-order valence-electron chi connectivity index (χ3n) is 4.03. The van der Waals surface area contributed by atoms with Gasteiger partial charge in [-0.1, -0.05) is 30.3 Å². The number of fused-ring (bicyclic) bond motifs is 1. The van der Waals surface area contributed by atoms with Crippen LogP contribution in [0.5, 0.6) is 0 Å². The molecule has 0 aliphatic carbocycles. The van der Waals surface area contributed by atoms with E-state index in [0.29, 0.717) is 5.82 Å². The van der Waals surface area contributed by atoms with Crippen LogP contribution in [0.2, 0.25) is 0 Å². The van der Waals surface area contributed by atoms with E-state index in [1.165, 1.54) is 0 Å². The number of nitrogens with zero attached hydrogens (tertiary/aromatic N) is 4. The number of para-hydroxylation sites is 3. The van der Waals surface area contributed by atoms with Crippen LogP contribution in [0.1, 0.15) is 18.8 Å². The second kappa shape index (κ2) is 6.24. The van der Waals surface area contributed by atoms with Crippen molar-refractivity contribution in [2.45, 2.75) is 13.0 Å². The fourth-order valence-electron chi connectivity index (χ4n) is 2.92. The first kappa shape index (κ1) is 15.1. The number of anilines is 2. The number of nitrogens with two attached hydrogens (primary N) is 1. The minimum Gasteiger partial charge on any atom is -0.368 e. The molecule has 0 aliphatic rings. The van der Waals surface area contributed by atoms with E-state index in [9.17, 15) is 0 Å². The molecule has 1 unspecified atom stereocenters. The van der Waals surface area contributed by atoms with Gasteiger partial charge in [-0.2, -0.15) is 4.98 Å². The van der Waals surface area contributed by atoms with Crippen LogP contribution in [0, 0.1) is 0 Å². The van der Waals surface area contributed by atoms with E-state index in [0.717, 1.165) is 22.5 Å². The Kier molecular flexibility index (Phi) is 3.78. The van der Waals surface area contributed by atoms with E-state index in [1.54, 1.807) is 12.3 Å². The maximum Gasteiger partial charge on any atom is 0.221 e. The largest absolute Gasteiger partial charge is 0.368 e. The van der Waals surface area contributed by atoms with Crippen LogP contribution in [-0.4, -0.2) is 19.5 Å². The van der Waals surface area contributed by atoms with E-state index < -0.39 is 0 Å². The molecule has 0 bridgehead atoms. The monoisotopic (exact) mass is 330 g/mol. The van der Waals surface area contributed by atoms with Crippen LogP contribution in [0.3, 0.4) is 0 Å². The lowest BCUT2D eigenvalue weighted by Crippen LogP contribution is -2.14. The van der Waals surface area contributed by atoms with Crippen molar-refractivity contribution >= 4 is 22.8 Å². The molecule has 4 rings (SSSR count). The molecule has 124 valence electrons. The van der Waals surface area contributed by atoms with Crippen LogP contribution in [0.4, 0.5) is 11.8 Å². The lowest BCUT2D eigenvalue weighted by molar-refractivity contribution is 0.768. The number of rotatable bonds is 4. The van der Waals surface area contributed by atoms with Gasteiger partial charge in [-0.25, -0.2) is 9.97 Å². The maximum atomic E-state index is 5.67. The lowest BCUT2D eigenvalue weighted by atomic mass is 10.2. The van der Waals surface area contributed by atoms with Gasteiger partial charge in [0.2, 0.25) is 5.95 Å². The van der Waals surface area contributed by atoms with Gasteiger partial charge in [0.05, 0.1) is 17.1 Å². The summed E-state index contributed by atoms with van der Waals surface area (Å²) in [6, 6.07) is 20.1. The average Bonchev–Trinajstić information content (AvgIpc) is 3.02. The van der Waals surface area contributed by atoms with Gasteiger partial charge in [0.25, 0.3) is 0 Å². The molecule has 25 heavy (non-hydrogen) atoms. The number of benzene rings is 2. The van der Waals surface area contributed by atoms with E-state index in [1.807, 2.05) is 36.4 Å². The second-order valence-electron chi connectivity index (χ2n) is 5.80. The minimum atomic E-state index is -0.0677. The molecule has 2 aromatic carbocycles. The zero-order chi connectivity index (χ0) is 17.2. The van der Waals surface area contributed by atoms with Crippen molar-refractivity contribution in [2.24, 2.45) is 0 Å². The highest BCUT2D eigenvalue weighted by Gasteiger charge is 2.18. The van der Waals surface area contributed by atoms with Gasteiger partial charge in [0.15, 0.2) is 0 Å². The van der Waals surface area contributed by atoms with Crippen molar-refractivity contribution < 1.29 is 0 Å². The standard InChI is InChI=1S/C19H18N6/c1-13(22-17-11-12-21-19(20)24-17)18-23-15-9-5-6-10-16(15)25(18)14-7-3-2-4-8-14/h2-13H,1H3,(H3,20,21,22,24). The average molecular weight is 330 g/mol. The fourth-order valence-corrected chi connectivity index (χ4v) is 2.92. The molecule has 2 heterocycles. The summed E-state index contributed by atoms with van der Waals surface area (Å²) in [6.07, 6.45) is 1.64. The normalized spacial score (nSPS) is 12.2. The highest BCUT2D eigenvalue weighted by atomic mass is 15.2. The van der Waals surface area contributed by atoms with Crippen LogP contribution in [0.15, 0.2) is 66.9 Å². The SMILES string of the molecule is CC(Nc1ccnc(N)n1)c1nc2ccccc2n1-c1ccccc1. The molecule has 6 nitrogen and oxygen atoms in total.